The number of aromatic amines is 1. The number of nitrogens with two attached hydrogens (primary N) is 1. The highest BCUT2D eigenvalue weighted by Gasteiger charge is 2.17. The van der Waals surface area contributed by atoms with Gasteiger partial charge in [-0.3, -0.25) is 4.90 Å². The third kappa shape index (κ3) is 7.62. The molecule has 2 aromatic heterocycles. The first-order valence-corrected chi connectivity index (χ1v) is 12.1. The first-order chi connectivity index (χ1) is 14.9. The van der Waals surface area contributed by atoms with Crippen LogP contribution in [0.5, 0.6) is 0 Å². The van der Waals surface area contributed by atoms with Gasteiger partial charge in [0.15, 0.2) is 0 Å². The number of aryl methyl sites for hydroxylation is 2. The number of nitrogens with one attached hydrogen (secondary N) is 2. The van der Waals surface area contributed by atoms with E-state index in [0.717, 1.165) is 68.0 Å². The largest absolute Gasteiger partial charge is 0.382 e. The monoisotopic (exact) mass is 428 g/mol. The number of hydrogen-bond donors (Lipinski definition) is 3. The van der Waals surface area contributed by atoms with E-state index in [-0.39, 0.29) is 0 Å². The van der Waals surface area contributed by atoms with Gasteiger partial charge in [0.05, 0.1) is 0 Å². The predicted octanol–water partition coefficient (Wildman–Crippen LogP) is 5.29. The lowest BCUT2D eigenvalue weighted by Gasteiger charge is -2.18. The number of aromatic nitrogens is 3. The van der Waals surface area contributed by atoms with Gasteiger partial charge in [-0.1, -0.05) is 39.7 Å². The molecule has 31 heavy (non-hydrogen) atoms. The smallest absolute Gasteiger partial charge is 0.149 e. The maximum absolute atomic E-state index is 6.22. The standard InChI is InChI=1S/C25H44N6/c1-7-9-14-21-29-23-22(19(5)28-25(26)24(23)30-21)20(8-2)13-11-10-12-15-31(6)17-27-16-18(3)4/h8,18,27H,7,9-17H2,1-6H3,(H2,26,28)(H,29,30)/b20-8-. The first-order valence-electron chi connectivity index (χ1n) is 12.1. The molecule has 0 aliphatic carbocycles. The van der Waals surface area contributed by atoms with Crippen molar-refractivity contribution in [2.24, 2.45) is 5.92 Å². The summed E-state index contributed by atoms with van der Waals surface area (Å²) in [7, 11) is 2.19. The van der Waals surface area contributed by atoms with Gasteiger partial charge in [0.25, 0.3) is 0 Å². The van der Waals surface area contributed by atoms with Crippen molar-refractivity contribution in [3.8, 4) is 0 Å². The number of pyridine rings is 1. The van der Waals surface area contributed by atoms with Crippen molar-refractivity contribution >= 4 is 22.4 Å². The summed E-state index contributed by atoms with van der Waals surface area (Å²) in [6.45, 7) is 14.0. The minimum Gasteiger partial charge on any atom is -0.382 e. The highest BCUT2D eigenvalue weighted by molar-refractivity contribution is 5.95. The van der Waals surface area contributed by atoms with Gasteiger partial charge in [0.2, 0.25) is 0 Å². The molecule has 0 aromatic carbocycles. The highest BCUT2D eigenvalue weighted by Crippen LogP contribution is 2.32. The number of unbranched alkanes of at least 4 members (excludes halogenated alkanes) is 3. The zero-order valence-corrected chi connectivity index (χ0v) is 20.6. The molecule has 0 spiro atoms. The molecule has 0 fully saturated rings. The van der Waals surface area contributed by atoms with Gasteiger partial charge in [-0.05, 0) is 71.2 Å². The van der Waals surface area contributed by atoms with E-state index in [1.54, 1.807) is 0 Å². The number of anilines is 1. The molecular weight excluding hydrogens is 384 g/mol. The molecule has 0 amide bonds. The maximum Gasteiger partial charge on any atom is 0.149 e. The van der Waals surface area contributed by atoms with Gasteiger partial charge >= 0.3 is 0 Å². The Morgan fingerprint density at radius 3 is 2.65 bits per heavy atom. The number of allylic oxidation sites excluding steroid dienone is 2. The number of fused-ring (bicyclic) bond motifs is 1. The van der Waals surface area contributed by atoms with E-state index in [1.165, 1.54) is 30.4 Å². The van der Waals surface area contributed by atoms with Crippen molar-refractivity contribution in [2.75, 3.05) is 32.5 Å². The zero-order chi connectivity index (χ0) is 22.8. The quantitative estimate of drug-likeness (QED) is 0.281. The average molecular weight is 429 g/mol. The Morgan fingerprint density at radius 1 is 1.19 bits per heavy atom. The first kappa shape index (κ1) is 25.3. The molecule has 2 heterocycles. The van der Waals surface area contributed by atoms with Crippen molar-refractivity contribution in [1.82, 2.24) is 25.2 Å². The molecule has 2 aromatic rings. The topological polar surface area (TPSA) is 82.9 Å². The van der Waals surface area contributed by atoms with Crippen LogP contribution in [0, 0.1) is 12.8 Å². The van der Waals surface area contributed by atoms with Crippen LogP contribution in [0.3, 0.4) is 0 Å². The Labute approximate surface area is 189 Å². The summed E-state index contributed by atoms with van der Waals surface area (Å²) >= 11 is 0. The molecule has 6 heteroatoms. The number of nitrogen functional groups attached to an aromatic ring is 1. The van der Waals surface area contributed by atoms with Crippen molar-refractivity contribution in [3.63, 3.8) is 0 Å². The van der Waals surface area contributed by atoms with Gasteiger partial charge in [-0.25, -0.2) is 9.97 Å². The van der Waals surface area contributed by atoms with Gasteiger partial charge in [-0.2, -0.15) is 0 Å². The molecule has 2 rings (SSSR count). The summed E-state index contributed by atoms with van der Waals surface area (Å²) in [4.78, 5) is 15.3. The molecule has 0 saturated heterocycles. The summed E-state index contributed by atoms with van der Waals surface area (Å²) in [5, 5.41) is 3.51. The zero-order valence-electron chi connectivity index (χ0n) is 20.6. The summed E-state index contributed by atoms with van der Waals surface area (Å²) < 4.78 is 0. The van der Waals surface area contributed by atoms with Crippen LogP contribution in [-0.2, 0) is 6.42 Å². The van der Waals surface area contributed by atoms with Crippen LogP contribution in [0.25, 0.3) is 16.6 Å². The van der Waals surface area contributed by atoms with Crippen molar-refractivity contribution in [2.45, 2.75) is 79.6 Å². The fourth-order valence-corrected chi connectivity index (χ4v) is 4.01. The van der Waals surface area contributed by atoms with Crippen LogP contribution >= 0.6 is 0 Å². The van der Waals surface area contributed by atoms with Gasteiger partial charge in [-0.15, -0.1) is 0 Å². The van der Waals surface area contributed by atoms with Crippen LogP contribution in [0.15, 0.2) is 6.08 Å². The Hall–Kier alpha value is -1.92. The van der Waals surface area contributed by atoms with Crippen molar-refractivity contribution in [1.29, 1.82) is 0 Å². The number of imidazole rings is 1. The van der Waals surface area contributed by atoms with Gasteiger partial charge in [0, 0.05) is 24.3 Å². The van der Waals surface area contributed by atoms with E-state index in [2.05, 4.69) is 61.0 Å². The minimum absolute atomic E-state index is 0.552. The van der Waals surface area contributed by atoms with Crippen LogP contribution in [0.1, 0.15) is 83.3 Å². The number of nitrogens with zero attached hydrogens (tertiary/aromatic N) is 3. The van der Waals surface area contributed by atoms with Crippen molar-refractivity contribution in [3.05, 3.63) is 23.2 Å². The molecule has 0 unspecified atom stereocenters. The van der Waals surface area contributed by atoms with E-state index in [1.807, 2.05) is 6.92 Å². The molecule has 6 nitrogen and oxygen atoms in total. The van der Waals surface area contributed by atoms with E-state index >= 15 is 0 Å². The molecule has 0 aliphatic heterocycles. The van der Waals surface area contributed by atoms with Crippen LogP contribution in [0.2, 0.25) is 0 Å². The second-order valence-corrected chi connectivity index (χ2v) is 9.18. The van der Waals surface area contributed by atoms with Crippen LogP contribution < -0.4 is 11.1 Å². The van der Waals surface area contributed by atoms with Crippen molar-refractivity contribution < 1.29 is 0 Å². The second-order valence-electron chi connectivity index (χ2n) is 9.18. The summed E-state index contributed by atoms with van der Waals surface area (Å²) in [6, 6.07) is 0. The lowest BCUT2D eigenvalue weighted by molar-refractivity contribution is 0.293. The third-order valence-electron chi connectivity index (χ3n) is 5.75. The van der Waals surface area contributed by atoms with Gasteiger partial charge < -0.3 is 16.0 Å². The lowest BCUT2D eigenvalue weighted by Crippen LogP contribution is -2.33. The highest BCUT2D eigenvalue weighted by atomic mass is 15.2. The summed E-state index contributed by atoms with van der Waals surface area (Å²) in [5.74, 6) is 2.26. The third-order valence-corrected chi connectivity index (χ3v) is 5.75. The SMILES string of the molecule is C/C=C(/CCCCCN(C)CNCC(C)C)c1c(C)nc(N)c2[nH]c(CCCC)nc12. The van der Waals surface area contributed by atoms with Crippen LogP contribution in [-0.4, -0.2) is 46.7 Å². The molecule has 0 bridgehead atoms. The number of hydrogen-bond acceptors (Lipinski definition) is 5. The van der Waals surface area contributed by atoms with E-state index < -0.39 is 0 Å². The fourth-order valence-electron chi connectivity index (χ4n) is 4.01. The predicted molar refractivity (Wildman–Crippen MR) is 134 cm³/mol. The number of rotatable bonds is 14. The Balaban J connectivity index is 1.96. The van der Waals surface area contributed by atoms with E-state index in [9.17, 15) is 0 Å². The average Bonchev–Trinajstić information content (AvgIpc) is 3.14. The summed E-state index contributed by atoms with van der Waals surface area (Å²) in [6.07, 6.45) is 10.1. The molecule has 0 radical (unpaired) electrons. The molecule has 174 valence electrons. The maximum atomic E-state index is 6.22. The van der Waals surface area contributed by atoms with Gasteiger partial charge in [0.1, 0.15) is 22.7 Å². The second kappa shape index (κ2) is 12.8. The molecule has 4 N–H and O–H groups in total. The Kier molecular flexibility index (Phi) is 10.5. The normalized spacial score (nSPS) is 12.6. The Morgan fingerprint density at radius 2 is 1.97 bits per heavy atom. The molecule has 0 saturated carbocycles. The summed E-state index contributed by atoms with van der Waals surface area (Å²) in [5.41, 5.74) is 11.6. The number of H-pyrrole nitrogens is 1. The molecule has 0 atom stereocenters. The minimum atomic E-state index is 0.552. The van der Waals surface area contributed by atoms with Crippen LogP contribution in [0.4, 0.5) is 5.82 Å². The lowest BCUT2D eigenvalue weighted by atomic mass is 9.97. The molecular formula is C25H44N6. The van der Waals surface area contributed by atoms with E-state index in [0.29, 0.717) is 11.7 Å². The fraction of sp³-hybridized carbons (Fsp3) is 0.680. The van der Waals surface area contributed by atoms with E-state index in [4.69, 9.17) is 10.7 Å². The Bertz CT molecular complexity index is 836. The molecule has 0 aliphatic rings.